The molecule has 1 N–H and O–H groups in total. The minimum atomic E-state index is -0.796. The number of rotatable bonds is 5. The molecular formula is C13H16BrFO2. The molecule has 4 heteroatoms. The van der Waals surface area contributed by atoms with Gasteiger partial charge in [-0.3, -0.25) is 4.79 Å². The molecule has 1 rings (SSSR count). The zero-order valence-electron chi connectivity index (χ0n) is 9.91. The fraction of sp³-hybridized carbons (Fsp3) is 0.462. The lowest BCUT2D eigenvalue weighted by Gasteiger charge is -2.15. The summed E-state index contributed by atoms with van der Waals surface area (Å²) in [4.78, 5) is 11.1. The topological polar surface area (TPSA) is 37.3 Å². The first-order chi connectivity index (χ1) is 7.90. The number of hydrogen-bond acceptors (Lipinski definition) is 1. The lowest BCUT2D eigenvalue weighted by Crippen LogP contribution is -2.18. The summed E-state index contributed by atoms with van der Waals surface area (Å²) in [5.74, 6) is -1.21. The highest BCUT2D eigenvalue weighted by Gasteiger charge is 2.20. The maximum atomic E-state index is 12.9. The van der Waals surface area contributed by atoms with Crippen molar-refractivity contribution < 1.29 is 14.3 Å². The molecule has 17 heavy (non-hydrogen) atoms. The number of aliphatic carboxylic acids is 1. The molecule has 0 bridgehead atoms. The monoisotopic (exact) mass is 302 g/mol. The van der Waals surface area contributed by atoms with E-state index in [1.807, 2.05) is 13.8 Å². The van der Waals surface area contributed by atoms with Gasteiger partial charge in [0, 0.05) is 4.47 Å². The molecule has 0 saturated carbocycles. The quantitative estimate of drug-likeness (QED) is 0.896. The van der Waals surface area contributed by atoms with Crippen LogP contribution in [0.1, 0.15) is 25.8 Å². The van der Waals surface area contributed by atoms with Gasteiger partial charge in [-0.25, -0.2) is 4.39 Å². The maximum absolute atomic E-state index is 12.9. The van der Waals surface area contributed by atoms with Crippen LogP contribution in [0.3, 0.4) is 0 Å². The van der Waals surface area contributed by atoms with Crippen LogP contribution in [0.2, 0.25) is 0 Å². The van der Waals surface area contributed by atoms with Crippen molar-refractivity contribution in [1.82, 2.24) is 0 Å². The number of halogens is 2. The van der Waals surface area contributed by atoms with Crippen molar-refractivity contribution in [1.29, 1.82) is 0 Å². The molecule has 0 aliphatic rings. The second-order valence-corrected chi connectivity index (χ2v) is 5.46. The third kappa shape index (κ3) is 4.46. The highest BCUT2D eigenvalue weighted by atomic mass is 79.9. The van der Waals surface area contributed by atoms with Crippen molar-refractivity contribution in [2.45, 2.75) is 26.7 Å². The van der Waals surface area contributed by atoms with Gasteiger partial charge in [-0.15, -0.1) is 0 Å². The van der Waals surface area contributed by atoms with Gasteiger partial charge in [0.05, 0.1) is 5.92 Å². The standard InChI is InChI=1S/C13H16BrFO2/c1-8(2)5-10(13(16)17)6-9-3-4-11(15)7-12(9)14/h3-4,7-8,10H,5-6H2,1-2H3,(H,16,17). The van der Waals surface area contributed by atoms with Crippen LogP contribution in [0.5, 0.6) is 0 Å². The van der Waals surface area contributed by atoms with Gasteiger partial charge in [-0.1, -0.05) is 35.8 Å². The van der Waals surface area contributed by atoms with E-state index in [0.717, 1.165) is 5.56 Å². The summed E-state index contributed by atoms with van der Waals surface area (Å²) < 4.78 is 13.5. The SMILES string of the molecule is CC(C)CC(Cc1ccc(F)cc1Br)C(=O)O. The maximum Gasteiger partial charge on any atom is 0.306 e. The van der Waals surface area contributed by atoms with Crippen LogP contribution in [0.25, 0.3) is 0 Å². The van der Waals surface area contributed by atoms with Crippen LogP contribution in [0.15, 0.2) is 22.7 Å². The average Bonchev–Trinajstić information content (AvgIpc) is 2.19. The van der Waals surface area contributed by atoms with E-state index < -0.39 is 11.9 Å². The van der Waals surface area contributed by atoms with Gasteiger partial charge in [0.2, 0.25) is 0 Å². The molecular weight excluding hydrogens is 287 g/mol. The molecule has 0 amide bonds. The van der Waals surface area contributed by atoms with Crippen molar-refractivity contribution >= 4 is 21.9 Å². The molecule has 0 aliphatic heterocycles. The van der Waals surface area contributed by atoms with E-state index in [9.17, 15) is 9.18 Å². The van der Waals surface area contributed by atoms with Gasteiger partial charge in [-0.2, -0.15) is 0 Å². The molecule has 0 spiro atoms. The van der Waals surface area contributed by atoms with Crippen molar-refractivity contribution in [3.63, 3.8) is 0 Å². The summed E-state index contributed by atoms with van der Waals surface area (Å²) in [6.07, 6.45) is 1.05. The van der Waals surface area contributed by atoms with Gasteiger partial charge < -0.3 is 5.11 Å². The summed E-state index contributed by atoms with van der Waals surface area (Å²) in [5, 5.41) is 9.14. The number of hydrogen-bond donors (Lipinski definition) is 1. The van der Waals surface area contributed by atoms with Crippen LogP contribution in [-0.2, 0) is 11.2 Å². The Bertz CT molecular complexity index is 404. The van der Waals surface area contributed by atoms with Crippen LogP contribution in [-0.4, -0.2) is 11.1 Å². The fourth-order valence-electron chi connectivity index (χ4n) is 1.79. The van der Waals surface area contributed by atoms with Crippen LogP contribution >= 0.6 is 15.9 Å². The summed E-state index contributed by atoms with van der Waals surface area (Å²) in [6, 6.07) is 4.35. The molecule has 2 nitrogen and oxygen atoms in total. The minimum absolute atomic E-state index is 0.323. The Morgan fingerprint density at radius 3 is 2.59 bits per heavy atom. The van der Waals surface area contributed by atoms with Crippen molar-refractivity contribution in [3.8, 4) is 0 Å². The Balaban J connectivity index is 2.82. The Morgan fingerprint density at radius 2 is 2.12 bits per heavy atom. The molecule has 0 fully saturated rings. The zero-order chi connectivity index (χ0) is 13.0. The normalized spacial score (nSPS) is 12.8. The van der Waals surface area contributed by atoms with E-state index in [1.165, 1.54) is 12.1 Å². The number of carboxylic acids is 1. The number of carbonyl (C=O) groups is 1. The second kappa shape index (κ2) is 6.15. The molecule has 1 aromatic rings. The molecule has 0 heterocycles. The number of benzene rings is 1. The van der Waals surface area contributed by atoms with E-state index in [1.54, 1.807) is 6.07 Å². The molecule has 1 aromatic carbocycles. The van der Waals surface area contributed by atoms with E-state index in [4.69, 9.17) is 5.11 Å². The predicted molar refractivity (Wildman–Crippen MR) is 68.4 cm³/mol. The zero-order valence-corrected chi connectivity index (χ0v) is 11.5. The summed E-state index contributed by atoms with van der Waals surface area (Å²) in [6.45, 7) is 3.99. The molecule has 0 saturated heterocycles. The van der Waals surface area contributed by atoms with Crippen molar-refractivity contribution in [2.24, 2.45) is 11.8 Å². The van der Waals surface area contributed by atoms with Gasteiger partial charge in [-0.05, 0) is 36.5 Å². The molecule has 94 valence electrons. The summed E-state index contributed by atoms with van der Waals surface area (Å²) >= 11 is 3.26. The van der Waals surface area contributed by atoms with E-state index >= 15 is 0 Å². The predicted octanol–water partition coefficient (Wildman–Crippen LogP) is 3.88. The van der Waals surface area contributed by atoms with Crippen LogP contribution < -0.4 is 0 Å². The molecule has 0 aliphatic carbocycles. The summed E-state index contributed by atoms with van der Waals surface area (Å²) in [7, 11) is 0. The lowest BCUT2D eigenvalue weighted by molar-refractivity contribution is -0.142. The van der Waals surface area contributed by atoms with Crippen LogP contribution in [0.4, 0.5) is 4.39 Å². The van der Waals surface area contributed by atoms with Gasteiger partial charge in [0.15, 0.2) is 0 Å². The summed E-state index contributed by atoms with van der Waals surface area (Å²) in [5.41, 5.74) is 0.833. The second-order valence-electron chi connectivity index (χ2n) is 4.60. The van der Waals surface area contributed by atoms with Crippen molar-refractivity contribution in [3.05, 3.63) is 34.1 Å². The first-order valence-corrected chi connectivity index (χ1v) is 6.36. The van der Waals surface area contributed by atoms with Gasteiger partial charge >= 0.3 is 5.97 Å². The molecule has 1 unspecified atom stereocenters. The first-order valence-electron chi connectivity index (χ1n) is 5.57. The Labute approximate surface area is 109 Å². The fourth-order valence-corrected chi connectivity index (χ4v) is 2.31. The number of carboxylic acid groups (broad SMARTS) is 1. The lowest BCUT2D eigenvalue weighted by atomic mass is 9.91. The smallest absolute Gasteiger partial charge is 0.306 e. The molecule has 0 aromatic heterocycles. The molecule has 0 radical (unpaired) electrons. The average molecular weight is 303 g/mol. The Hall–Kier alpha value is -0.900. The highest BCUT2D eigenvalue weighted by molar-refractivity contribution is 9.10. The van der Waals surface area contributed by atoms with Crippen LogP contribution in [0, 0.1) is 17.7 Å². The highest BCUT2D eigenvalue weighted by Crippen LogP contribution is 2.24. The largest absolute Gasteiger partial charge is 0.481 e. The van der Waals surface area contributed by atoms with Gasteiger partial charge in [0.1, 0.15) is 5.82 Å². The van der Waals surface area contributed by atoms with E-state index in [0.29, 0.717) is 23.2 Å². The van der Waals surface area contributed by atoms with Gasteiger partial charge in [0.25, 0.3) is 0 Å². The first kappa shape index (κ1) is 14.2. The third-order valence-electron chi connectivity index (χ3n) is 2.59. The minimum Gasteiger partial charge on any atom is -0.481 e. The van der Waals surface area contributed by atoms with E-state index in [-0.39, 0.29) is 5.82 Å². The molecule has 1 atom stereocenters. The third-order valence-corrected chi connectivity index (χ3v) is 3.32. The van der Waals surface area contributed by atoms with Crippen molar-refractivity contribution in [2.75, 3.05) is 0 Å². The van der Waals surface area contributed by atoms with E-state index in [2.05, 4.69) is 15.9 Å². The Kier molecular flexibility index (Phi) is 5.12. The Morgan fingerprint density at radius 1 is 1.47 bits per heavy atom.